The zero-order valence-electron chi connectivity index (χ0n) is 11.0. The fourth-order valence-electron chi connectivity index (χ4n) is 1.39. The van der Waals surface area contributed by atoms with Crippen LogP contribution < -0.4 is 5.73 Å². The highest BCUT2D eigenvalue weighted by Crippen LogP contribution is 2.10. The molecular weight excluding hydrogens is 234 g/mol. The van der Waals surface area contributed by atoms with Crippen molar-refractivity contribution in [1.29, 1.82) is 0 Å². The minimum absolute atomic E-state index is 0.0427. The molecule has 0 saturated heterocycles. The number of likely N-dealkylation sites (N-methyl/N-ethyl adjacent to an activating group) is 2. The molecule has 0 fully saturated rings. The van der Waals surface area contributed by atoms with E-state index in [-0.39, 0.29) is 30.7 Å². The van der Waals surface area contributed by atoms with Gasteiger partial charge in [0.05, 0.1) is 6.54 Å². The Labute approximate surface area is 106 Å². The number of furan rings is 1. The van der Waals surface area contributed by atoms with Crippen LogP contribution in [0.15, 0.2) is 16.5 Å². The maximum absolute atomic E-state index is 12.1. The summed E-state index contributed by atoms with van der Waals surface area (Å²) >= 11 is 0. The maximum atomic E-state index is 12.1. The Morgan fingerprint density at radius 1 is 1.33 bits per heavy atom. The van der Waals surface area contributed by atoms with Gasteiger partial charge in [-0.15, -0.1) is 0 Å². The van der Waals surface area contributed by atoms with Crippen molar-refractivity contribution in [3.63, 3.8) is 0 Å². The van der Waals surface area contributed by atoms with E-state index in [1.807, 2.05) is 6.92 Å². The summed E-state index contributed by atoms with van der Waals surface area (Å²) in [6.45, 7) is 2.54. The summed E-state index contributed by atoms with van der Waals surface area (Å²) in [6, 6.07) is 3.24. The van der Waals surface area contributed by atoms with Crippen molar-refractivity contribution >= 4 is 11.8 Å². The van der Waals surface area contributed by atoms with Gasteiger partial charge in [0.15, 0.2) is 5.76 Å². The molecule has 0 aliphatic heterocycles. The van der Waals surface area contributed by atoms with Crippen LogP contribution in [0.1, 0.15) is 23.2 Å². The molecule has 2 N–H and O–H groups in total. The average molecular weight is 253 g/mol. The Bertz CT molecular complexity index is 426. The summed E-state index contributed by atoms with van der Waals surface area (Å²) in [7, 11) is 3.31. The second-order valence-corrected chi connectivity index (χ2v) is 4.08. The van der Waals surface area contributed by atoms with Crippen molar-refractivity contribution < 1.29 is 14.0 Å². The van der Waals surface area contributed by atoms with E-state index in [1.54, 1.807) is 26.2 Å². The fraction of sp³-hybridized carbons (Fsp3) is 0.500. The predicted octanol–water partition coefficient (Wildman–Crippen LogP) is 0.289. The van der Waals surface area contributed by atoms with Gasteiger partial charge < -0.3 is 20.0 Å². The van der Waals surface area contributed by atoms with Gasteiger partial charge in [-0.25, -0.2) is 0 Å². The highest BCUT2D eigenvalue weighted by atomic mass is 16.4. The highest BCUT2D eigenvalue weighted by Gasteiger charge is 2.20. The van der Waals surface area contributed by atoms with Crippen molar-refractivity contribution in [2.24, 2.45) is 5.73 Å². The molecule has 0 atom stereocenters. The molecule has 100 valence electrons. The molecule has 18 heavy (non-hydrogen) atoms. The summed E-state index contributed by atoms with van der Waals surface area (Å²) in [4.78, 5) is 26.6. The second kappa shape index (κ2) is 6.20. The summed E-state index contributed by atoms with van der Waals surface area (Å²) < 4.78 is 5.28. The SMILES string of the molecule is CCN(CC(=O)N(C)C)C(=O)c1ccc(CN)o1. The van der Waals surface area contributed by atoms with Crippen LogP contribution in [0.4, 0.5) is 0 Å². The minimum Gasteiger partial charge on any atom is -0.455 e. The molecule has 6 nitrogen and oxygen atoms in total. The van der Waals surface area contributed by atoms with Crippen LogP contribution in [0.2, 0.25) is 0 Å². The monoisotopic (exact) mass is 253 g/mol. The minimum atomic E-state index is -0.299. The molecule has 2 amide bonds. The number of hydrogen-bond acceptors (Lipinski definition) is 4. The van der Waals surface area contributed by atoms with Crippen LogP contribution in [0.5, 0.6) is 0 Å². The van der Waals surface area contributed by atoms with Gasteiger partial charge in [-0.1, -0.05) is 0 Å². The van der Waals surface area contributed by atoms with Gasteiger partial charge in [0, 0.05) is 20.6 Å². The fourth-order valence-corrected chi connectivity index (χ4v) is 1.39. The molecule has 1 heterocycles. The number of rotatable bonds is 5. The largest absolute Gasteiger partial charge is 0.455 e. The van der Waals surface area contributed by atoms with Gasteiger partial charge >= 0.3 is 0 Å². The quantitative estimate of drug-likeness (QED) is 0.818. The third-order valence-electron chi connectivity index (χ3n) is 2.57. The summed E-state index contributed by atoms with van der Waals surface area (Å²) in [6.07, 6.45) is 0. The molecule has 0 radical (unpaired) electrons. The number of carbonyl (C=O) groups is 2. The molecular formula is C12H19N3O3. The number of carbonyl (C=O) groups excluding carboxylic acids is 2. The Kier molecular flexibility index (Phi) is 4.91. The second-order valence-electron chi connectivity index (χ2n) is 4.08. The van der Waals surface area contributed by atoms with Crippen molar-refractivity contribution in [1.82, 2.24) is 9.80 Å². The molecule has 0 unspecified atom stereocenters. The van der Waals surface area contributed by atoms with Crippen molar-refractivity contribution in [2.75, 3.05) is 27.2 Å². The van der Waals surface area contributed by atoms with E-state index in [1.165, 1.54) is 9.80 Å². The van der Waals surface area contributed by atoms with Crippen molar-refractivity contribution in [3.05, 3.63) is 23.7 Å². The lowest BCUT2D eigenvalue weighted by Gasteiger charge is -2.21. The first kappa shape index (κ1) is 14.2. The standard InChI is InChI=1S/C12H19N3O3/c1-4-15(8-11(16)14(2)3)12(17)10-6-5-9(7-13)18-10/h5-6H,4,7-8,13H2,1-3H3. The lowest BCUT2D eigenvalue weighted by atomic mass is 10.3. The molecule has 1 rings (SSSR count). The van der Waals surface area contributed by atoms with Crippen molar-refractivity contribution in [3.8, 4) is 0 Å². The molecule has 1 aromatic heterocycles. The first-order valence-electron chi connectivity index (χ1n) is 5.77. The molecule has 0 aliphatic rings. The normalized spacial score (nSPS) is 10.2. The molecule has 1 aromatic rings. The Balaban J connectivity index is 2.76. The van der Waals surface area contributed by atoms with Crippen LogP contribution >= 0.6 is 0 Å². The Morgan fingerprint density at radius 3 is 2.44 bits per heavy atom. The first-order chi connectivity index (χ1) is 8.49. The van der Waals surface area contributed by atoms with Crippen molar-refractivity contribution in [2.45, 2.75) is 13.5 Å². The zero-order chi connectivity index (χ0) is 13.7. The van der Waals surface area contributed by atoms with Crippen LogP contribution in [0, 0.1) is 0 Å². The van der Waals surface area contributed by atoms with E-state index in [9.17, 15) is 9.59 Å². The van der Waals surface area contributed by atoms with Gasteiger partial charge in [0.2, 0.25) is 5.91 Å². The van der Waals surface area contributed by atoms with Gasteiger partial charge in [-0.3, -0.25) is 9.59 Å². The van der Waals surface area contributed by atoms with E-state index in [0.717, 1.165) is 0 Å². The smallest absolute Gasteiger partial charge is 0.290 e. The van der Waals surface area contributed by atoms with E-state index >= 15 is 0 Å². The third-order valence-corrected chi connectivity index (χ3v) is 2.57. The van der Waals surface area contributed by atoms with Gasteiger partial charge in [-0.2, -0.15) is 0 Å². The van der Waals surface area contributed by atoms with Crippen LogP contribution in [-0.2, 0) is 11.3 Å². The molecule has 0 aromatic carbocycles. The third kappa shape index (κ3) is 3.33. The number of nitrogens with zero attached hydrogens (tertiary/aromatic N) is 2. The van der Waals surface area contributed by atoms with E-state index in [2.05, 4.69) is 0 Å². The molecule has 0 bridgehead atoms. The van der Waals surface area contributed by atoms with E-state index in [4.69, 9.17) is 10.2 Å². The summed E-state index contributed by atoms with van der Waals surface area (Å²) in [5.41, 5.74) is 5.41. The molecule has 0 saturated carbocycles. The predicted molar refractivity (Wildman–Crippen MR) is 66.9 cm³/mol. The number of hydrogen-bond donors (Lipinski definition) is 1. The van der Waals surface area contributed by atoms with Gasteiger partial charge in [0.25, 0.3) is 5.91 Å². The summed E-state index contributed by atoms with van der Waals surface area (Å²) in [5.74, 6) is 0.334. The van der Waals surface area contributed by atoms with Crippen LogP contribution in [0.3, 0.4) is 0 Å². The van der Waals surface area contributed by atoms with Gasteiger partial charge in [-0.05, 0) is 19.1 Å². The summed E-state index contributed by atoms with van der Waals surface area (Å²) in [5, 5.41) is 0. The van der Waals surface area contributed by atoms with E-state index < -0.39 is 0 Å². The van der Waals surface area contributed by atoms with Crippen LogP contribution in [-0.4, -0.2) is 48.8 Å². The molecule has 6 heteroatoms. The molecule has 0 aliphatic carbocycles. The van der Waals surface area contributed by atoms with Crippen LogP contribution in [0.25, 0.3) is 0 Å². The number of amides is 2. The Hall–Kier alpha value is -1.82. The van der Waals surface area contributed by atoms with Gasteiger partial charge in [0.1, 0.15) is 12.3 Å². The lowest BCUT2D eigenvalue weighted by Crippen LogP contribution is -2.40. The highest BCUT2D eigenvalue weighted by molar-refractivity contribution is 5.94. The lowest BCUT2D eigenvalue weighted by molar-refractivity contribution is -0.129. The average Bonchev–Trinajstić information content (AvgIpc) is 2.83. The molecule has 0 spiro atoms. The topological polar surface area (TPSA) is 79.8 Å². The number of nitrogens with two attached hydrogens (primary N) is 1. The maximum Gasteiger partial charge on any atom is 0.290 e. The zero-order valence-corrected chi connectivity index (χ0v) is 11.0. The van der Waals surface area contributed by atoms with E-state index in [0.29, 0.717) is 12.3 Å². The first-order valence-corrected chi connectivity index (χ1v) is 5.77. The Morgan fingerprint density at radius 2 is 2.00 bits per heavy atom.